The molecule has 0 aromatic carbocycles. The predicted octanol–water partition coefficient (Wildman–Crippen LogP) is 2.06. The quantitative estimate of drug-likeness (QED) is 0.804. The largest absolute Gasteiger partial charge is 0.381 e. The normalized spacial score (nSPS) is 20.0. The fourth-order valence-corrected chi connectivity index (χ4v) is 2.66. The van der Waals surface area contributed by atoms with E-state index in [1.807, 2.05) is 0 Å². The number of ether oxygens (including phenoxy) is 1. The van der Waals surface area contributed by atoms with Gasteiger partial charge in [0.15, 0.2) is 5.12 Å². The molecule has 1 aliphatic rings. The highest BCUT2D eigenvalue weighted by Gasteiger charge is 2.32. The summed E-state index contributed by atoms with van der Waals surface area (Å²) in [6.45, 7) is 8.68. The Balaban J connectivity index is 2.49. The summed E-state index contributed by atoms with van der Waals surface area (Å²) in [5.41, 5.74) is 0.110. The van der Waals surface area contributed by atoms with Gasteiger partial charge in [-0.1, -0.05) is 25.6 Å². The molecule has 1 N–H and O–H groups in total. The lowest BCUT2D eigenvalue weighted by atomic mass is 9.91. The van der Waals surface area contributed by atoms with Crippen LogP contribution in [-0.4, -0.2) is 36.2 Å². The van der Waals surface area contributed by atoms with E-state index < -0.39 is 0 Å². The smallest absolute Gasteiger partial charge is 0.185 e. The Kier molecular flexibility index (Phi) is 5.79. The zero-order valence-corrected chi connectivity index (χ0v) is 11.4. The molecule has 4 heteroatoms. The van der Waals surface area contributed by atoms with Crippen LogP contribution in [0.1, 0.15) is 33.6 Å². The van der Waals surface area contributed by atoms with Crippen LogP contribution < -0.4 is 5.32 Å². The first kappa shape index (κ1) is 14.0. The molecule has 0 aliphatic carbocycles. The van der Waals surface area contributed by atoms with E-state index in [9.17, 15) is 4.79 Å². The van der Waals surface area contributed by atoms with Crippen LogP contribution in [0.3, 0.4) is 0 Å². The fourth-order valence-electron chi connectivity index (χ4n) is 1.79. The van der Waals surface area contributed by atoms with E-state index >= 15 is 0 Å². The minimum Gasteiger partial charge on any atom is -0.381 e. The summed E-state index contributed by atoms with van der Waals surface area (Å²) in [4.78, 5) is 11.1. The number of carbonyl (C=O) groups is 1. The maximum absolute atomic E-state index is 11.1. The Hall–Kier alpha value is -0.0600. The highest BCUT2D eigenvalue weighted by Crippen LogP contribution is 2.25. The topological polar surface area (TPSA) is 38.3 Å². The SMILES string of the molecule is CC(=O)SCC1(NCC(C)C)CCOCC1. The van der Waals surface area contributed by atoms with E-state index in [2.05, 4.69) is 19.2 Å². The minimum atomic E-state index is 0.110. The molecule has 3 nitrogen and oxygen atoms in total. The van der Waals surface area contributed by atoms with Crippen molar-refractivity contribution in [1.82, 2.24) is 5.32 Å². The van der Waals surface area contributed by atoms with E-state index in [1.54, 1.807) is 6.92 Å². The molecule has 1 fully saturated rings. The first-order valence-electron chi connectivity index (χ1n) is 6.00. The Morgan fingerprint density at radius 1 is 1.44 bits per heavy atom. The standard InChI is InChI=1S/C12H23NO2S/c1-10(2)8-13-12(9-16-11(3)14)4-6-15-7-5-12/h10,13H,4-9H2,1-3H3. The van der Waals surface area contributed by atoms with Gasteiger partial charge < -0.3 is 10.1 Å². The van der Waals surface area contributed by atoms with Gasteiger partial charge >= 0.3 is 0 Å². The van der Waals surface area contributed by atoms with Gasteiger partial charge in [0.2, 0.25) is 0 Å². The number of hydrogen-bond donors (Lipinski definition) is 1. The van der Waals surface area contributed by atoms with E-state index in [0.717, 1.165) is 38.4 Å². The fraction of sp³-hybridized carbons (Fsp3) is 0.917. The van der Waals surface area contributed by atoms with Gasteiger partial charge in [-0.15, -0.1) is 0 Å². The van der Waals surface area contributed by atoms with Gasteiger partial charge in [-0.25, -0.2) is 0 Å². The van der Waals surface area contributed by atoms with Crippen molar-refractivity contribution in [3.8, 4) is 0 Å². The van der Waals surface area contributed by atoms with Gasteiger partial charge in [-0.3, -0.25) is 4.79 Å². The number of hydrogen-bond acceptors (Lipinski definition) is 4. The number of nitrogens with one attached hydrogen (secondary N) is 1. The molecule has 0 unspecified atom stereocenters. The van der Waals surface area contributed by atoms with Crippen LogP contribution in [-0.2, 0) is 9.53 Å². The van der Waals surface area contributed by atoms with Crippen molar-refractivity contribution in [3.63, 3.8) is 0 Å². The Labute approximate surface area is 103 Å². The van der Waals surface area contributed by atoms with Crippen LogP contribution in [0.5, 0.6) is 0 Å². The van der Waals surface area contributed by atoms with E-state index in [0.29, 0.717) is 5.92 Å². The molecule has 0 aromatic rings. The third-order valence-electron chi connectivity index (χ3n) is 2.89. The molecule has 0 amide bonds. The first-order chi connectivity index (χ1) is 7.54. The Morgan fingerprint density at radius 3 is 2.56 bits per heavy atom. The van der Waals surface area contributed by atoms with Crippen LogP contribution in [0, 0.1) is 5.92 Å². The van der Waals surface area contributed by atoms with Crippen LogP contribution in [0.2, 0.25) is 0 Å². The lowest BCUT2D eigenvalue weighted by Crippen LogP contribution is -2.52. The second-order valence-corrected chi connectivity index (χ2v) is 6.10. The third kappa shape index (κ3) is 4.85. The molecule has 0 radical (unpaired) electrons. The van der Waals surface area contributed by atoms with Crippen molar-refractivity contribution < 1.29 is 9.53 Å². The molecule has 0 bridgehead atoms. The van der Waals surface area contributed by atoms with Crippen molar-refractivity contribution >= 4 is 16.9 Å². The highest BCUT2D eigenvalue weighted by atomic mass is 32.2. The van der Waals surface area contributed by atoms with E-state index in [-0.39, 0.29) is 10.7 Å². The van der Waals surface area contributed by atoms with Crippen LogP contribution in [0.4, 0.5) is 0 Å². The molecule has 1 saturated heterocycles. The minimum absolute atomic E-state index is 0.110. The molecular weight excluding hydrogens is 222 g/mol. The van der Waals surface area contributed by atoms with Crippen molar-refractivity contribution in [3.05, 3.63) is 0 Å². The van der Waals surface area contributed by atoms with Crippen molar-refractivity contribution in [2.75, 3.05) is 25.5 Å². The van der Waals surface area contributed by atoms with Crippen molar-refractivity contribution in [2.45, 2.75) is 39.2 Å². The lowest BCUT2D eigenvalue weighted by Gasteiger charge is -2.38. The summed E-state index contributed by atoms with van der Waals surface area (Å²) in [5.74, 6) is 1.51. The monoisotopic (exact) mass is 245 g/mol. The summed E-state index contributed by atoms with van der Waals surface area (Å²) in [6, 6.07) is 0. The van der Waals surface area contributed by atoms with Crippen LogP contribution >= 0.6 is 11.8 Å². The molecule has 0 spiro atoms. The Morgan fingerprint density at radius 2 is 2.06 bits per heavy atom. The zero-order chi connectivity index (χ0) is 12.0. The Bertz CT molecular complexity index is 225. The number of rotatable bonds is 5. The van der Waals surface area contributed by atoms with Crippen LogP contribution in [0.25, 0.3) is 0 Å². The van der Waals surface area contributed by atoms with Crippen molar-refractivity contribution in [1.29, 1.82) is 0 Å². The molecular formula is C12H23NO2S. The molecule has 0 atom stereocenters. The van der Waals surface area contributed by atoms with E-state index in [4.69, 9.17) is 4.74 Å². The first-order valence-corrected chi connectivity index (χ1v) is 6.99. The molecule has 16 heavy (non-hydrogen) atoms. The van der Waals surface area contributed by atoms with Gasteiger partial charge in [0, 0.05) is 31.4 Å². The summed E-state index contributed by atoms with van der Waals surface area (Å²) in [5, 5.41) is 3.84. The summed E-state index contributed by atoms with van der Waals surface area (Å²) < 4.78 is 5.40. The van der Waals surface area contributed by atoms with Crippen molar-refractivity contribution in [2.24, 2.45) is 5.92 Å². The molecule has 0 saturated carbocycles. The van der Waals surface area contributed by atoms with Gasteiger partial charge in [-0.05, 0) is 25.3 Å². The average molecular weight is 245 g/mol. The maximum atomic E-state index is 11.1. The van der Waals surface area contributed by atoms with Gasteiger partial charge in [0.1, 0.15) is 0 Å². The second-order valence-electron chi connectivity index (χ2n) is 4.95. The maximum Gasteiger partial charge on any atom is 0.185 e. The predicted molar refractivity (Wildman–Crippen MR) is 68.8 cm³/mol. The van der Waals surface area contributed by atoms with Gasteiger partial charge in [0.25, 0.3) is 0 Å². The van der Waals surface area contributed by atoms with E-state index in [1.165, 1.54) is 11.8 Å². The number of thioether (sulfide) groups is 1. The molecule has 1 aliphatic heterocycles. The molecule has 0 aromatic heterocycles. The second kappa shape index (κ2) is 6.62. The third-order valence-corrected chi connectivity index (χ3v) is 3.99. The molecule has 1 rings (SSSR count). The molecule has 1 heterocycles. The lowest BCUT2D eigenvalue weighted by molar-refractivity contribution is -0.109. The summed E-state index contributed by atoms with van der Waals surface area (Å²) in [6.07, 6.45) is 2.03. The summed E-state index contributed by atoms with van der Waals surface area (Å²) >= 11 is 1.43. The van der Waals surface area contributed by atoms with Gasteiger partial charge in [0.05, 0.1) is 0 Å². The van der Waals surface area contributed by atoms with Crippen LogP contribution in [0.15, 0.2) is 0 Å². The zero-order valence-electron chi connectivity index (χ0n) is 10.5. The number of carbonyl (C=O) groups excluding carboxylic acids is 1. The molecule has 94 valence electrons. The van der Waals surface area contributed by atoms with Gasteiger partial charge in [-0.2, -0.15) is 0 Å². The summed E-state index contributed by atoms with van der Waals surface area (Å²) in [7, 11) is 0. The average Bonchev–Trinajstić information content (AvgIpc) is 2.25. The highest BCUT2D eigenvalue weighted by molar-refractivity contribution is 8.13.